The van der Waals surface area contributed by atoms with E-state index in [0.717, 1.165) is 11.3 Å². The maximum absolute atomic E-state index is 12.6. The molecule has 0 unspecified atom stereocenters. The normalized spacial score (nSPS) is 10.5. The summed E-state index contributed by atoms with van der Waals surface area (Å²) in [6, 6.07) is 12.7. The minimum absolute atomic E-state index is 0.256. The van der Waals surface area contributed by atoms with Gasteiger partial charge in [-0.2, -0.15) is 0 Å². The third-order valence-electron chi connectivity index (χ3n) is 4.12. The first-order chi connectivity index (χ1) is 13.4. The highest BCUT2D eigenvalue weighted by molar-refractivity contribution is 6.32. The van der Waals surface area contributed by atoms with Crippen LogP contribution in [0.4, 0.5) is 17.3 Å². The molecule has 144 valence electrons. The Balaban J connectivity index is 1.82. The van der Waals surface area contributed by atoms with Crippen LogP contribution < -0.4 is 15.4 Å². The summed E-state index contributed by atoms with van der Waals surface area (Å²) in [4.78, 5) is 21.4. The van der Waals surface area contributed by atoms with Crippen LogP contribution in [0.3, 0.4) is 0 Å². The summed E-state index contributed by atoms with van der Waals surface area (Å²) in [5.41, 5.74) is 4.63. The van der Waals surface area contributed by atoms with Crippen LogP contribution in [-0.4, -0.2) is 23.0 Å². The van der Waals surface area contributed by atoms with Crippen molar-refractivity contribution in [1.82, 2.24) is 9.97 Å². The molecule has 0 aliphatic rings. The molecular weight excluding hydrogens is 376 g/mol. The van der Waals surface area contributed by atoms with E-state index in [4.69, 9.17) is 16.3 Å². The highest BCUT2D eigenvalue weighted by Gasteiger charge is 2.13. The average molecular weight is 397 g/mol. The molecule has 0 saturated heterocycles. The summed E-state index contributed by atoms with van der Waals surface area (Å²) in [5.74, 6) is 0.553. The number of benzene rings is 2. The molecule has 0 fully saturated rings. The van der Waals surface area contributed by atoms with Crippen molar-refractivity contribution in [3.05, 3.63) is 70.0 Å². The van der Waals surface area contributed by atoms with Crippen molar-refractivity contribution in [3.63, 3.8) is 0 Å². The van der Waals surface area contributed by atoms with Gasteiger partial charge < -0.3 is 15.4 Å². The maximum atomic E-state index is 12.6. The van der Waals surface area contributed by atoms with Crippen LogP contribution in [0.1, 0.15) is 27.3 Å². The van der Waals surface area contributed by atoms with Gasteiger partial charge in [0.15, 0.2) is 0 Å². The lowest BCUT2D eigenvalue weighted by molar-refractivity contribution is 0.102. The number of rotatable bonds is 5. The van der Waals surface area contributed by atoms with Crippen molar-refractivity contribution in [2.45, 2.75) is 20.8 Å². The Morgan fingerprint density at radius 1 is 1.04 bits per heavy atom. The van der Waals surface area contributed by atoms with Crippen molar-refractivity contribution in [2.75, 3.05) is 17.7 Å². The van der Waals surface area contributed by atoms with Crippen LogP contribution in [0.5, 0.6) is 5.75 Å². The lowest BCUT2D eigenvalue weighted by atomic mass is 10.1. The predicted molar refractivity (Wildman–Crippen MR) is 112 cm³/mol. The number of carbonyl (C=O) groups excluding carboxylic acids is 1. The number of nitrogens with one attached hydrogen (secondary N) is 2. The van der Waals surface area contributed by atoms with Gasteiger partial charge in [0, 0.05) is 17.1 Å². The molecule has 0 spiro atoms. The van der Waals surface area contributed by atoms with Gasteiger partial charge >= 0.3 is 0 Å². The molecule has 0 bridgehead atoms. The molecule has 0 aliphatic carbocycles. The molecule has 0 saturated carbocycles. The smallest absolute Gasteiger partial charge is 0.274 e. The zero-order valence-corrected chi connectivity index (χ0v) is 16.9. The molecule has 1 aromatic heterocycles. The second-order valence-electron chi connectivity index (χ2n) is 6.46. The van der Waals surface area contributed by atoms with Crippen molar-refractivity contribution >= 4 is 34.8 Å². The maximum Gasteiger partial charge on any atom is 0.274 e. The first-order valence-corrected chi connectivity index (χ1v) is 9.08. The summed E-state index contributed by atoms with van der Waals surface area (Å²) in [7, 11) is 1.54. The highest BCUT2D eigenvalue weighted by atomic mass is 35.5. The van der Waals surface area contributed by atoms with Gasteiger partial charge in [0.2, 0.25) is 5.95 Å². The molecule has 0 aliphatic heterocycles. The first-order valence-electron chi connectivity index (χ1n) is 8.70. The molecule has 0 radical (unpaired) electrons. The van der Waals surface area contributed by atoms with E-state index in [-0.39, 0.29) is 11.6 Å². The molecule has 3 aromatic rings. The Bertz CT molecular complexity index is 1040. The molecule has 1 amide bonds. The van der Waals surface area contributed by atoms with Crippen LogP contribution in [0.2, 0.25) is 5.02 Å². The topological polar surface area (TPSA) is 76.1 Å². The van der Waals surface area contributed by atoms with Gasteiger partial charge in [-0.3, -0.25) is 4.79 Å². The van der Waals surface area contributed by atoms with Crippen molar-refractivity contribution < 1.29 is 9.53 Å². The first kappa shape index (κ1) is 19.6. The lowest BCUT2D eigenvalue weighted by Gasteiger charge is -2.11. The van der Waals surface area contributed by atoms with Crippen LogP contribution >= 0.6 is 11.6 Å². The molecule has 0 atom stereocenters. The minimum Gasteiger partial charge on any atom is -0.495 e. The Morgan fingerprint density at radius 2 is 1.82 bits per heavy atom. The molecule has 1 heterocycles. The number of methoxy groups -OCH3 is 1. The number of carbonyl (C=O) groups is 1. The van der Waals surface area contributed by atoms with Gasteiger partial charge in [-0.15, -0.1) is 0 Å². The van der Waals surface area contributed by atoms with Crippen LogP contribution in [-0.2, 0) is 0 Å². The minimum atomic E-state index is -0.351. The van der Waals surface area contributed by atoms with E-state index in [2.05, 4.69) is 26.7 Å². The summed E-state index contributed by atoms with van der Waals surface area (Å²) in [6.45, 7) is 5.86. The van der Waals surface area contributed by atoms with Crippen LogP contribution in [0, 0.1) is 20.8 Å². The fourth-order valence-electron chi connectivity index (χ4n) is 2.75. The summed E-state index contributed by atoms with van der Waals surface area (Å²) in [5, 5.41) is 6.39. The standard InChI is InChI=1S/C21H21ClN4O2/c1-12-5-7-17(13(2)9-12)25-21-23-14(3)10-18(26-21)20(27)24-15-6-8-19(28-4)16(22)11-15/h5-11H,1-4H3,(H,24,27)(H,23,25,26). The van der Waals surface area contributed by atoms with E-state index in [1.165, 1.54) is 12.7 Å². The van der Waals surface area contributed by atoms with Gasteiger partial charge in [0.1, 0.15) is 11.4 Å². The fraction of sp³-hybridized carbons (Fsp3) is 0.190. The zero-order valence-electron chi connectivity index (χ0n) is 16.1. The van der Waals surface area contributed by atoms with Crippen molar-refractivity contribution in [2.24, 2.45) is 0 Å². The summed E-state index contributed by atoms with van der Waals surface area (Å²) in [6.07, 6.45) is 0. The molecule has 3 rings (SSSR count). The number of aryl methyl sites for hydroxylation is 3. The second-order valence-corrected chi connectivity index (χ2v) is 6.87. The van der Waals surface area contributed by atoms with E-state index < -0.39 is 0 Å². The predicted octanol–water partition coefficient (Wildman–Crippen LogP) is 5.06. The fourth-order valence-corrected chi connectivity index (χ4v) is 3.01. The van der Waals surface area contributed by atoms with Crippen molar-refractivity contribution in [1.29, 1.82) is 0 Å². The second kappa shape index (κ2) is 8.27. The SMILES string of the molecule is COc1ccc(NC(=O)c2cc(C)nc(Nc3ccc(C)cc3C)n2)cc1Cl. The van der Waals surface area contributed by atoms with Crippen molar-refractivity contribution in [3.8, 4) is 5.75 Å². The van der Waals surface area contributed by atoms with E-state index in [9.17, 15) is 4.79 Å². The number of anilines is 3. The van der Waals surface area contributed by atoms with E-state index in [1.54, 1.807) is 24.3 Å². The highest BCUT2D eigenvalue weighted by Crippen LogP contribution is 2.27. The molecule has 2 aromatic carbocycles. The Hall–Kier alpha value is -3.12. The number of hydrogen-bond donors (Lipinski definition) is 2. The largest absolute Gasteiger partial charge is 0.495 e. The number of hydrogen-bond acceptors (Lipinski definition) is 5. The summed E-state index contributed by atoms with van der Waals surface area (Å²) >= 11 is 6.11. The van der Waals surface area contributed by atoms with Gasteiger partial charge in [-0.1, -0.05) is 29.3 Å². The number of nitrogens with zero attached hydrogens (tertiary/aromatic N) is 2. The van der Waals surface area contributed by atoms with Gasteiger partial charge in [0.05, 0.1) is 12.1 Å². The average Bonchev–Trinajstić information content (AvgIpc) is 2.64. The summed E-state index contributed by atoms with van der Waals surface area (Å²) < 4.78 is 5.12. The number of aromatic nitrogens is 2. The Kier molecular flexibility index (Phi) is 5.80. The lowest BCUT2D eigenvalue weighted by Crippen LogP contribution is -2.15. The van der Waals surface area contributed by atoms with Crippen LogP contribution in [0.25, 0.3) is 0 Å². The van der Waals surface area contributed by atoms with Crippen LogP contribution in [0.15, 0.2) is 42.5 Å². The molecule has 7 heteroatoms. The monoisotopic (exact) mass is 396 g/mol. The molecular formula is C21H21ClN4O2. The third kappa shape index (κ3) is 4.58. The number of halogens is 1. The van der Waals surface area contributed by atoms with Gasteiger partial charge in [-0.05, 0) is 56.7 Å². The number of ether oxygens (including phenoxy) is 1. The number of amides is 1. The van der Waals surface area contributed by atoms with Gasteiger partial charge in [-0.25, -0.2) is 9.97 Å². The molecule has 2 N–H and O–H groups in total. The van der Waals surface area contributed by atoms with Gasteiger partial charge in [0.25, 0.3) is 5.91 Å². The van der Waals surface area contributed by atoms with E-state index in [1.807, 2.05) is 32.9 Å². The quantitative estimate of drug-likeness (QED) is 0.630. The Morgan fingerprint density at radius 3 is 2.50 bits per heavy atom. The Labute approximate surface area is 168 Å². The van der Waals surface area contributed by atoms with E-state index in [0.29, 0.717) is 28.1 Å². The zero-order chi connectivity index (χ0) is 20.3. The van der Waals surface area contributed by atoms with E-state index >= 15 is 0 Å². The third-order valence-corrected chi connectivity index (χ3v) is 4.42. The molecule has 6 nitrogen and oxygen atoms in total. The molecule has 28 heavy (non-hydrogen) atoms.